The minimum absolute atomic E-state index is 0.00175. The lowest BCUT2D eigenvalue weighted by Crippen LogP contribution is -2.36. The summed E-state index contributed by atoms with van der Waals surface area (Å²) >= 11 is 0. The first-order valence-electron chi connectivity index (χ1n) is 8.04. The molecule has 8 heteroatoms. The van der Waals surface area contributed by atoms with Crippen molar-refractivity contribution in [1.29, 1.82) is 0 Å². The number of rotatable bonds is 10. The Bertz CT molecular complexity index is 809. The molecule has 0 saturated heterocycles. The second kappa shape index (κ2) is 9.79. The van der Waals surface area contributed by atoms with Crippen LogP contribution in [0.2, 0.25) is 0 Å². The lowest BCUT2D eigenvalue weighted by atomic mass is 10.2. The Labute approximate surface area is 153 Å². The molecule has 7 nitrogen and oxygen atoms in total. The summed E-state index contributed by atoms with van der Waals surface area (Å²) in [7, 11) is -1.97. The number of para-hydroxylation sites is 2. The van der Waals surface area contributed by atoms with Crippen molar-refractivity contribution in [3.05, 3.63) is 60.2 Å². The van der Waals surface area contributed by atoms with Crippen LogP contribution in [-0.4, -0.2) is 40.3 Å². The maximum Gasteiger partial charge on any atom is 0.257 e. The highest BCUT2D eigenvalue weighted by molar-refractivity contribution is 7.89. The van der Waals surface area contributed by atoms with Gasteiger partial charge >= 0.3 is 0 Å². The van der Waals surface area contributed by atoms with Crippen LogP contribution in [0.25, 0.3) is 0 Å². The molecule has 0 heterocycles. The fourth-order valence-corrected chi connectivity index (χ4v) is 3.02. The molecule has 0 fully saturated rings. The molecular weight excluding hydrogens is 356 g/mol. The number of carbonyl (C=O) groups excluding carboxylic acids is 1. The van der Waals surface area contributed by atoms with Crippen LogP contribution in [0.5, 0.6) is 11.5 Å². The van der Waals surface area contributed by atoms with Gasteiger partial charge < -0.3 is 14.8 Å². The average molecular weight is 378 g/mol. The largest absolute Gasteiger partial charge is 0.493 e. The molecule has 0 aliphatic heterocycles. The second-order valence-electron chi connectivity index (χ2n) is 5.42. The van der Waals surface area contributed by atoms with Gasteiger partial charge in [0.15, 0.2) is 18.1 Å². The van der Waals surface area contributed by atoms with E-state index in [-0.39, 0.29) is 25.4 Å². The number of hydrogen-bond acceptors (Lipinski definition) is 5. The van der Waals surface area contributed by atoms with E-state index >= 15 is 0 Å². The normalized spacial score (nSPS) is 11.0. The molecule has 2 aromatic carbocycles. The smallest absolute Gasteiger partial charge is 0.257 e. The Morgan fingerprint density at radius 2 is 1.65 bits per heavy atom. The van der Waals surface area contributed by atoms with Crippen molar-refractivity contribution in [1.82, 2.24) is 10.0 Å². The van der Waals surface area contributed by atoms with Crippen molar-refractivity contribution < 1.29 is 22.7 Å². The minimum Gasteiger partial charge on any atom is -0.493 e. The molecule has 0 spiro atoms. The molecule has 140 valence electrons. The lowest BCUT2D eigenvalue weighted by Gasteiger charge is -2.11. The quantitative estimate of drug-likeness (QED) is 0.650. The van der Waals surface area contributed by atoms with Crippen LogP contribution in [0.3, 0.4) is 0 Å². The zero-order chi connectivity index (χ0) is 18.8. The first-order chi connectivity index (χ1) is 12.5. The van der Waals surface area contributed by atoms with Crippen LogP contribution in [0, 0.1) is 0 Å². The molecule has 2 rings (SSSR count). The van der Waals surface area contributed by atoms with E-state index in [1.807, 2.05) is 30.3 Å². The molecule has 2 N–H and O–H groups in total. The number of sulfonamides is 1. The van der Waals surface area contributed by atoms with Gasteiger partial charge in [-0.1, -0.05) is 42.5 Å². The van der Waals surface area contributed by atoms with Crippen molar-refractivity contribution in [2.24, 2.45) is 0 Å². The Hall–Kier alpha value is -2.58. The van der Waals surface area contributed by atoms with Gasteiger partial charge in [-0.2, -0.15) is 0 Å². The van der Waals surface area contributed by atoms with Gasteiger partial charge in [0, 0.05) is 13.1 Å². The molecule has 1 amide bonds. The van der Waals surface area contributed by atoms with E-state index < -0.39 is 15.9 Å². The number of ether oxygens (including phenoxy) is 2. The van der Waals surface area contributed by atoms with Gasteiger partial charge in [0.25, 0.3) is 5.91 Å². The van der Waals surface area contributed by atoms with Gasteiger partial charge in [0.2, 0.25) is 10.0 Å². The first-order valence-corrected chi connectivity index (χ1v) is 9.69. The van der Waals surface area contributed by atoms with E-state index in [4.69, 9.17) is 9.47 Å². The highest BCUT2D eigenvalue weighted by Gasteiger charge is 2.11. The maximum atomic E-state index is 11.9. The van der Waals surface area contributed by atoms with Crippen LogP contribution < -0.4 is 19.5 Å². The summed E-state index contributed by atoms with van der Waals surface area (Å²) in [5.74, 6) is 0.352. The zero-order valence-electron chi connectivity index (χ0n) is 14.5. The predicted octanol–water partition coefficient (Wildman–Crippen LogP) is 1.31. The lowest BCUT2D eigenvalue weighted by molar-refractivity contribution is -0.122. The predicted molar refractivity (Wildman–Crippen MR) is 98.6 cm³/mol. The van der Waals surface area contributed by atoms with Crippen molar-refractivity contribution in [3.63, 3.8) is 0 Å². The second-order valence-corrected chi connectivity index (χ2v) is 7.34. The Balaban J connectivity index is 1.70. The van der Waals surface area contributed by atoms with Crippen molar-refractivity contribution >= 4 is 15.9 Å². The van der Waals surface area contributed by atoms with E-state index in [1.165, 1.54) is 7.11 Å². The Morgan fingerprint density at radius 1 is 1.00 bits per heavy atom. The summed E-state index contributed by atoms with van der Waals surface area (Å²) in [5.41, 5.74) is 0.866. The third kappa shape index (κ3) is 6.73. The summed E-state index contributed by atoms with van der Waals surface area (Å²) in [6, 6.07) is 16.2. The number of benzene rings is 2. The SMILES string of the molecule is COc1ccccc1OCC(=O)NCCS(=O)(=O)NCc1ccccc1. The van der Waals surface area contributed by atoms with Crippen LogP contribution in [0.4, 0.5) is 0 Å². The third-order valence-electron chi connectivity index (χ3n) is 3.46. The Morgan fingerprint density at radius 3 is 2.35 bits per heavy atom. The first kappa shape index (κ1) is 19.7. The molecule has 0 saturated carbocycles. The van der Waals surface area contributed by atoms with Crippen LogP contribution in [0.1, 0.15) is 5.56 Å². The standard InChI is InChI=1S/C18H22N2O5S/c1-24-16-9-5-6-10-17(16)25-14-18(21)19-11-12-26(22,23)20-13-15-7-3-2-4-8-15/h2-10,20H,11-14H2,1H3,(H,19,21). The molecule has 0 bridgehead atoms. The fourth-order valence-electron chi connectivity index (χ4n) is 2.12. The molecule has 26 heavy (non-hydrogen) atoms. The molecular formula is C18H22N2O5S. The molecule has 0 aliphatic rings. The Kier molecular flexibility index (Phi) is 7.43. The number of amides is 1. The summed E-state index contributed by atoms with van der Waals surface area (Å²) in [6.45, 7) is -0.00978. The molecule has 0 aliphatic carbocycles. The number of carbonyl (C=O) groups is 1. The minimum atomic E-state index is -3.48. The molecule has 2 aromatic rings. The number of nitrogens with one attached hydrogen (secondary N) is 2. The van der Waals surface area contributed by atoms with Gasteiger partial charge in [0.1, 0.15) is 0 Å². The topological polar surface area (TPSA) is 93.7 Å². The monoisotopic (exact) mass is 378 g/mol. The van der Waals surface area contributed by atoms with E-state index in [0.29, 0.717) is 11.5 Å². The summed E-state index contributed by atoms with van der Waals surface area (Å²) < 4.78 is 36.9. The van der Waals surface area contributed by atoms with E-state index in [0.717, 1.165) is 5.56 Å². The van der Waals surface area contributed by atoms with Gasteiger partial charge in [0.05, 0.1) is 12.9 Å². The van der Waals surface area contributed by atoms with Crippen LogP contribution in [-0.2, 0) is 21.4 Å². The van der Waals surface area contributed by atoms with E-state index in [9.17, 15) is 13.2 Å². The molecule has 0 atom stereocenters. The highest BCUT2D eigenvalue weighted by atomic mass is 32.2. The van der Waals surface area contributed by atoms with Gasteiger partial charge in [-0.05, 0) is 17.7 Å². The van der Waals surface area contributed by atoms with Gasteiger partial charge in [-0.15, -0.1) is 0 Å². The van der Waals surface area contributed by atoms with Crippen molar-refractivity contribution in [2.75, 3.05) is 26.0 Å². The average Bonchev–Trinajstić information content (AvgIpc) is 2.66. The maximum absolute atomic E-state index is 11.9. The third-order valence-corrected chi connectivity index (χ3v) is 4.79. The fraction of sp³-hybridized carbons (Fsp3) is 0.278. The number of methoxy groups -OCH3 is 1. The van der Waals surface area contributed by atoms with Crippen LogP contribution >= 0.6 is 0 Å². The summed E-state index contributed by atoms with van der Waals surface area (Å²) in [5, 5.41) is 2.52. The summed E-state index contributed by atoms with van der Waals surface area (Å²) in [4.78, 5) is 11.8. The molecule has 0 radical (unpaired) electrons. The highest BCUT2D eigenvalue weighted by Crippen LogP contribution is 2.25. The molecule has 0 aromatic heterocycles. The van der Waals surface area contributed by atoms with Gasteiger partial charge in [-0.3, -0.25) is 4.79 Å². The number of hydrogen-bond donors (Lipinski definition) is 2. The van der Waals surface area contributed by atoms with Crippen LogP contribution in [0.15, 0.2) is 54.6 Å². The van der Waals surface area contributed by atoms with Crippen molar-refractivity contribution in [2.45, 2.75) is 6.54 Å². The molecule has 0 unspecified atom stereocenters. The van der Waals surface area contributed by atoms with E-state index in [1.54, 1.807) is 24.3 Å². The van der Waals surface area contributed by atoms with Crippen molar-refractivity contribution in [3.8, 4) is 11.5 Å². The zero-order valence-corrected chi connectivity index (χ0v) is 15.3. The summed E-state index contributed by atoms with van der Waals surface area (Å²) in [6.07, 6.45) is 0. The van der Waals surface area contributed by atoms with E-state index in [2.05, 4.69) is 10.0 Å². The van der Waals surface area contributed by atoms with Gasteiger partial charge in [-0.25, -0.2) is 13.1 Å².